The number of rotatable bonds is 1. The number of aromatic nitrogens is 3. The largest absolute Gasteiger partial charge is 0.392 e. The molecule has 1 aromatic carbocycles. The Morgan fingerprint density at radius 1 is 0.926 bits per heavy atom. The standard InChI is InChI=1S/C20H18BrN3O3/c21-9-6-19-14-11-12-13(11)16(20(14,19)7-10(9)25)24-18(27)22(8-4-2-1-3-5-8)17(26)23(24)15(12)19/h1-5,9-16,25H,6-7H2/t9-,10-,11+,12+,13-,14-,15-,16+,19-,20+/m0/s1. The Labute approximate surface area is 162 Å². The van der Waals surface area contributed by atoms with E-state index in [1.807, 2.05) is 39.7 Å². The van der Waals surface area contributed by atoms with E-state index in [1.165, 1.54) is 4.57 Å². The van der Waals surface area contributed by atoms with Crippen LogP contribution in [0.2, 0.25) is 0 Å². The zero-order valence-electron chi connectivity index (χ0n) is 14.4. The van der Waals surface area contributed by atoms with E-state index in [0.717, 1.165) is 12.8 Å². The first-order valence-electron chi connectivity index (χ1n) is 9.89. The number of aliphatic hydroxyl groups is 1. The average Bonchev–Trinajstić information content (AvgIpc) is 3.40. The summed E-state index contributed by atoms with van der Waals surface area (Å²) in [6.45, 7) is 0. The molecule has 1 aromatic heterocycles. The van der Waals surface area contributed by atoms with Crippen molar-refractivity contribution in [3.05, 3.63) is 51.3 Å². The van der Waals surface area contributed by atoms with Crippen LogP contribution < -0.4 is 11.4 Å². The van der Waals surface area contributed by atoms with Gasteiger partial charge in [0.1, 0.15) is 0 Å². The number of halogens is 1. The molecule has 0 radical (unpaired) electrons. The average molecular weight is 428 g/mol. The topological polar surface area (TPSA) is 69.2 Å². The molecule has 5 aliphatic carbocycles. The van der Waals surface area contributed by atoms with Crippen molar-refractivity contribution in [3.63, 3.8) is 0 Å². The fraction of sp³-hybridized carbons (Fsp3) is 0.600. The molecular weight excluding hydrogens is 410 g/mol. The van der Waals surface area contributed by atoms with Gasteiger partial charge in [-0.15, -0.1) is 0 Å². The smallest absolute Gasteiger partial charge is 0.352 e. The summed E-state index contributed by atoms with van der Waals surface area (Å²) in [7, 11) is 0. The summed E-state index contributed by atoms with van der Waals surface area (Å²) in [6, 6.07) is 9.50. The summed E-state index contributed by atoms with van der Waals surface area (Å²) in [5.74, 6) is 2.38. The van der Waals surface area contributed by atoms with Crippen molar-refractivity contribution in [1.29, 1.82) is 0 Å². The molecule has 5 fully saturated rings. The Hall–Kier alpha value is -1.60. The van der Waals surface area contributed by atoms with E-state index in [2.05, 4.69) is 15.9 Å². The van der Waals surface area contributed by atoms with Crippen molar-refractivity contribution in [2.24, 2.45) is 34.5 Å². The van der Waals surface area contributed by atoms with Gasteiger partial charge in [-0.25, -0.2) is 23.5 Å². The van der Waals surface area contributed by atoms with Crippen LogP contribution in [0.15, 0.2) is 39.9 Å². The van der Waals surface area contributed by atoms with Crippen LogP contribution in [0.3, 0.4) is 0 Å². The zero-order chi connectivity index (χ0) is 18.0. The lowest BCUT2D eigenvalue weighted by Crippen LogP contribution is -2.56. The van der Waals surface area contributed by atoms with E-state index in [1.54, 1.807) is 0 Å². The minimum absolute atomic E-state index is 0.0462. The van der Waals surface area contributed by atoms with Crippen LogP contribution in [0, 0.1) is 34.5 Å². The SMILES string of the molecule is O=c1n(-c2ccccc2)c(=O)n2n1[C@H]1[C@@H]3[C@@H]4[C@@H]3[C@@H]2[C@]23C[C@H](O)[C@@H](Br)C[C@]12[C@H]43. The highest BCUT2D eigenvalue weighted by Crippen LogP contribution is 3.04. The second kappa shape index (κ2) is 3.79. The quantitative estimate of drug-likeness (QED) is 0.697. The molecule has 7 heteroatoms. The number of aliphatic hydroxyl groups excluding tert-OH is 1. The first kappa shape index (κ1) is 14.4. The maximum atomic E-state index is 13.4. The van der Waals surface area contributed by atoms with Crippen molar-refractivity contribution in [2.45, 2.75) is 35.9 Å². The van der Waals surface area contributed by atoms with Gasteiger partial charge in [0.15, 0.2) is 0 Å². The molecule has 2 aliphatic heterocycles. The van der Waals surface area contributed by atoms with Crippen molar-refractivity contribution < 1.29 is 5.11 Å². The molecule has 9 rings (SSSR count). The van der Waals surface area contributed by atoms with E-state index in [-0.39, 0.29) is 45.2 Å². The zero-order valence-corrected chi connectivity index (χ0v) is 16.0. The van der Waals surface area contributed by atoms with Gasteiger partial charge < -0.3 is 5.11 Å². The Balaban J connectivity index is 1.44. The van der Waals surface area contributed by atoms with Crippen molar-refractivity contribution in [2.75, 3.05) is 0 Å². The van der Waals surface area contributed by atoms with Crippen LogP contribution in [0.4, 0.5) is 0 Å². The van der Waals surface area contributed by atoms with Crippen LogP contribution in [-0.4, -0.2) is 30.0 Å². The Kier molecular flexibility index (Phi) is 2.02. The van der Waals surface area contributed by atoms with Gasteiger partial charge in [0, 0.05) is 15.7 Å². The third-order valence-electron chi connectivity index (χ3n) is 9.30. The van der Waals surface area contributed by atoms with Crippen LogP contribution in [0.1, 0.15) is 24.9 Å². The Morgan fingerprint density at radius 2 is 1.52 bits per heavy atom. The lowest BCUT2D eigenvalue weighted by molar-refractivity contribution is -0.0543. The summed E-state index contributed by atoms with van der Waals surface area (Å²) >= 11 is 3.70. The molecule has 2 aromatic rings. The lowest BCUT2D eigenvalue weighted by Gasteiger charge is -2.52. The van der Waals surface area contributed by atoms with Gasteiger partial charge >= 0.3 is 11.4 Å². The Morgan fingerprint density at radius 3 is 2.15 bits per heavy atom. The van der Waals surface area contributed by atoms with E-state index in [4.69, 9.17) is 0 Å². The molecular formula is C20H18BrN3O3. The summed E-state index contributed by atoms with van der Waals surface area (Å²) in [4.78, 5) is 26.9. The second-order valence-corrected chi connectivity index (χ2v) is 10.8. The summed E-state index contributed by atoms with van der Waals surface area (Å²) in [5.41, 5.74) is 0.431. The van der Waals surface area contributed by atoms with E-state index in [9.17, 15) is 14.7 Å². The highest BCUT2D eigenvalue weighted by molar-refractivity contribution is 9.09. The second-order valence-electron chi connectivity index (χ2n) is 9.60. The maximum absolute atomic E-state index is 13.4. The van der Waals surface area contributed by atoms with Crippen molar-refractivity contribution in [3.8, 4) is 5.69 Å². The van der Waals surface area contributed by atoms with Gasteiger partial charge in [-0.3, -0.25) is 0 Å². The van der Waals surface area contributed by atoms with Gasteiger partial charge in [-0.2, -0.15) is 0 Å². The monoisotopic (exact) mass is 427 g/mol. The number of hydrogen-bond acceptors (Lipinski definition) is 3. The molecule has 0 unspecified atom stereocenters. The number of benzene rings is 1. The summed E-state index contributed by atoms with van der Waals surface area (Å²) in [6.07, 6.45) is 1.34. The van der Waals surface area contributed by atoms with Crippen molar-refractivity contribution >= 4 is 15.9 Å². The number of alkyl halides is 1. The van der Waals surface area contributed by atoms with Gasteiger partial charge in [-0.05, 0) is 48.6 Å². The first-order valence-corrected chi connectivity index (χ1v) is 10.8. The van der Waals surface area contributed by atoms with Gasteiger partial charge in [0.2, 0.25) is 0 Å². The number of para-hydroxylation sites is 1. The minimum atomic E-state index is -0.356. The molecule has 0 saturated heterocycles. The Bertz CT molecular complexity index is 1110. The molecule has 5 saturated carbocycles. The number of nitrogens with zero attached hydrogens (tertiary/aromatic N) is 3. The highest BCUT2D eigenvalue weighted by atomic mass is 79.9. The third kappa shape index (κ3) is 1.10. The van der Waals surface area contributed by atoms with Gasteiger partial charge in [-0.1, -0.05) is 34.1 Å². The molecule has 1 N–H and O–H groups in total. The predicted molar refractivity (Wildman–Crippen MR) is 99.1 cm³/mol. The summed E-state index contributed by atoms with van der Waals surface area (Å²) in [5, 5.41) is 10.6. The molecule has 3 heterocycles. The molecule has 0 amide bonds. The third-order valence-corrected chi connectivity index (χ3v) is 10.2. The normalized spacial score (nSPS) is 53.9. The van der Waals surface area contributed by atoms with Crippen LogP contribution in [0.5, 0.6) is 0 Å². The first-order chi connectivity index (χ1) is 13.1. The van der Waals surface area contributed by atoms with Crippen LogP contribution in [-0.2, 0) is 0 Å². The number of hydrogen-bond donors (Lipinski definition) is 1. The van der Waals surface area contributed by atoms with Gasteiger partial charge in [0.05, 0.1) is 23.9 Å². The van der Waals surface area contributed by atoms with E-state index in [0.29, 0.717) is 29.4 Å². The van der Waals surface area contributed by atoms with E-state index < -0.39 is 0 Å². The molecule has 6 nitrogen and oxygen atoms in total. The lowest BCUT2D eigenvalue weighted by atomic mass is 9.64. The fourth-order valence-corrected chi connectivity index (χ4v) is 9.72. The molecule has 10 atom stereocenters. The van der Waals surface area contributed by atoms with Crippen LogP contribution >= 0.6 is 15.9 Å². The molecule has 27 heavy (non-hydrogen) atoms. The minimum Gasteiger partial charge on any atom is -0.392 e. The highest BCUT2D eigenvalue weighted by Gasteiger charge is 3.03. The molecule has 138 valence electrons. The van der Waals surface area contributed by atoms with Crippen LogP contribution in [0.25, 0.3) is 5.69 Å². The molecule has 2 bridgehead atoms. The van der Waals surface area contributed by atoms with Gasteiger partial charge in [0.25, 0.3) is 0 Å². The maximum Gasteiger partial charge on any atom is 0.352 e. The summed E-state index contributed by atoms with van der Waals surface area (Å²) < 4.78 is 5.00. The molecule has 2 spiro atoms. The predicted octanol–water partition coefficient (Wildman–Crippen LogP) is 1.31. The fourth-order valence-electron chi connectivity index (χ4n) is 8.99. The molecule has 7 aliphatic rings. The van der Waals surface area contributed by atoms with E-state index >= 15 is 0 Å². The van der Waals surface area contributed by atoms with Crippen molar-refractivity contribution in [1.82, 2.24) is 13.9 Å².